The molecule has 0 aliphatic heterocycles. The van der Waals surface area contributed by atoms with E-state index in [1.54, 1.807) is 36.5 Å². The number of anilines is 2. The quantitative estimate of drug-likeness (QED) is 0.611. The highest BCUT2D eigenvalue weighted by molar-refractivity contribution is 5.93. The van der Waals surface area contributed by atoms with Crippen molar-refractivity contribution in [2.45, 2.75) is 13.3 Å². The van der Waals surface area contributed by atoms with Crippen molar-refractivity contribution >= 4 is 17.3 Å². The number of rotatable bonds is 8. The van der Waals surface area contributed by atoms with E-state index < -0.39 is 0 Å². The molecule has 144 valence electrons. The molecule has 0 unspecified atom stereocenters. The molecule has 0 atom stereocenters. The summed E-state index contributed by atoms with van der Waals surface area (Å²) in [5, 5.41) is 6.02. The van der Waals surface area contributed by atoms with E-state index in [1.165, 1.54) is 6.07 Å². The molecular weight excluding hydrogens is 357 g/mol. The van der Waals surface area contributed by atoms with Crippen molar-refractivity contribution in [2.24, 2.45) is 0 Å². The highest BCUT2D eigenvalue weighted by atomic mass is 19.1. The predicted octanol–water partition coefficient (Wildman–Crippen LogP) is 4.34. The van der Waals surface area contributed by atoms with Gasteiger partial charge in [0.05, 0.1) is 12.3 Å². The van der Waals surface area contributed by atoms with E-state index in [2.05, 4.69) is 15.6 Å². The number of hydrogen-bond acceptors (Lipinski definition) is 4. The first-order chi connectivity index (χ1) is 13.7. The fraction of sp³-hybridized carbons (Fsp3) is 0.182. The minimum atomic E-state index is -0.307. The molecule has 2 aromatic carbocycles. The lowest BCUT2D eigenvalue weighted by Gasteiger charge is -2.12. The molecule has 0 spiro atoms. The Morgan fingerprint density at radius 2 is 1.89 bits per heavy atom. The minimum absolute atomic E-state index is 0.269. The highest BCUT2D eigenvalue weighted by Crippen LogP contribution is 2.27. The van der Waals surface area contributed by atoms with Crippen LogP contribution in [0.15, 0.2) is 66.9 Å². The van der Waals surface area contributed by atoms with E-state index in [1.807, 2.05) is 31.2 Å². The number of nitrogens with one attached hydrogen (secondary N) is 2. The average molecular weight is 379 g/mol. The smallest absolute Gasteiger partial charge is 0.269 e. The Kier molecular flexibility index (Phi) is 6.57. The molecule has 0 aliphatic rings. The van der Waals surface area contributed by atoms with Crippen LogP contribution in [0.5, 0.6) is 5.75 Å². The van der Waals surface area contributed by atoms with Gasteiger partial charge < -0.3 is 15.4 Å². The second-order valence-electron chi connectivity index (χ2n) is 6.08. The third kappa shape index (κ3) is 5.07. The Labute approximate surface area is 163 Å². The first kappa shape index (κ1) is 19.4. The Balaban J connectivity index is 1.63. The molecule has 28 heavy (non-hydrogen) atoms. The number of hydrogen-bond donors (Lipinski definition) is 2. The SMILES string of the molecule is CCOc1ccccc1Nc1ccnc(C(=O)NCCc2ccccc2F)c1. The van der Waals surface area contributed by atoms with Crippen LogP contribution in [-0.4, -0.2) is 24.0 Å². The molecule has 0 fully saturated rings. The Morgan fingerprint density at radius 1 is 1.11 bits per heavy atom. The van der Waals surface area contributed by atoms with Crippen molar-refractivity contribution < 1.29 is 13.9 Å². The van der Waals surface area contributed by atoms with Gasteiger partial charge in [0.25, 0.3) is 5.91 Å². The summed E-state index contributed by atoms with van der Waals surface area (Å²) in [6.45, 7) is 2.81. The molecule has 2 N–H and O–H groups in total. The maximum Gasteiger partial charge on any atom is 0.269 e. The van der Waals surface area contributed by atoms with Gasteiger partial charge in [0, 0.05) is 18.4 Å². The first-order valence-corrected chi connectivity index (χ1v) is 9.14. The lowest BCUT2D eigenvalue weighted by atomic mass is 10.1. The summed E-state index contributed by atoms with van der Waals surface area (Å²) >= 11 is 0. The number of benzene rings is 2. The molecule has 1 heterocycles. The van der Waals surface area contributed by atoms with Gasteiger partial charge in [0.15, 0.2) is 0 Å². The van der Waals surface area contributed by atoms with Crippen molar-refractivity contribution in [3.63, 3.8) is 0 Å². The summed E-state index contributed by atoms with van der Waals surface area (Å²) in [6, 6.07) is 17.6. The zero-order chi connectivity index (χ0) is 19.8. The summed E-state index contributed by atoms with van der Waals surface area (Å²) in [7, 11) is 0. The van der Waals surface area contributed by atoms with Crippen molar-refractivity contribution in [3.8, 4) is 5.75 Å². The van der Waals surface area contributed by atoms with Gasteiger partial charge in [-0.05, 0) is 49.2 Å². The van der Waals surface area contributed by atoms with E-state index in [4.69, 9.17) is 4.74 Å². The molecular formula is C22H22FN3O2. The molecule has 1 amide bonds. The fourth-order valence-electron chi connectivity index (χ4n) is 2.74. The maximum absolute atomic E-state index is 13.6. The van der Waals surface area contributed by atoms with Gasteiger partial charge in [-0.1, -0.05) is 30.3 Å². The van der Waals surface area contributed by atoms with Gasteiger partial charge in [0.1, 0.15) is 17.3 Å². The summed E-state index contributed by atoms with van der Waals surface area (Å²) in [5.41, 5.74) is 2.38. The van der Waals surface area contributed by atoms with Crippen LogP contribution in [-0.2, 0) is 6.42 Å². The third-order valence-corrected chi connectivity index (χ3v) is 4.10. The summed E-state index contributed by atoms with van der Waals surface area (Å²) in [5.74, 6) is 0.157. The maximum atomic E-state index is 13.6. The summed E-state index contributed by atoms with van der Waals surface area (Å²) in [4.78, 5) is 16.5. The van der Waals surface area contributed by atoms with E-state index in [0.717, 1.165) is 17.1 Å². The predicted molar refractivity (Wildman–Crippen MR) is 108 cm³/mol. The molecule has 0 saturated carbocycles. The zero-order valence-electron chi connectivity index (χ0n) is 15.6. The van der Waals surface area contributed by atoms with Crippen LogP contribution in [0.4, 0.5) is 15.8 Å². The Morgan fingerprint density at radius 3 is 2.71 bits per heavy atom. The molecule has 0 aliphatic carbocycles. The number of halogens is 1. The Bertz CT molecular complexity index is 946. The van der Waals surface area contributed by atoms with Crippen LogP contribution < -0.4 is 15.4 Å². The van der Waals surface area contributed by atoms with E-state index in [0.29, 0.717) is 25.1 Å². The standard InChI is InChI=1S/C22H22FN3O2/c1-2-28-21-10-6-5-9-19(21)26-17-12-14-24-20(15-17)22(27)25-13-11-16-7-3-4-8-18(16)23/h3-10,12,14-15H,2,11,13H2,1H3,(H,24,26)(H,25,27). The van der Waals surface area contributed by atoms with Crippen LogP contribution in [0, 0.1) is 5.82 Å². The Hall–Kier alpha value is -3.41. The largest absolute Gasteiger partial charge is 0.492 e. The van der Waals surface area contributed by atoms with E-state index in [-0.39, 0.29) is 17.4 Å². The monoisotopic (exact) mass is 379 g/mol. The molecule has 0 bridgehead atoms. The van der Waals surface area contributed by atoms with Crippen molar-refractivity contribution in [2.75, 3.05) is 18.5 Å². The first-order valence-electron chi connectivity index (χ1n) is 9.14. The van der Waals surface area contributed by atoms with E-state index in [9.17, 15) is 9.18 Å². The number of para-hydroxylation sites is 2. The topological polar surface area (TPSA) is 63.2 Å². The number of carbonyl (C=O) groups is 1. The number of aromatic nitrogens is 1. The number of amides is 1. The number of carbonyl (C=O) groups excluding carboxylic acids is 1. The van der Waals surface area contributed by atoms with Gasteiger partial charge >= 0.3 is 0 Å². The van der Waals surface area contributed by atoms with Crippen LogP contribution in [0.1, 0.15) is 23.0 Å². The summed E-state index contributed by atoms with van der Waals surface area (Å²) < 4.78 is 19.2. The van der Waals surface area contributed by atoms with Gasteiger partial charge in [-0.2, -0.15) is 0 Å². The zero-order valence-corrected chi connectivity index (χ0v) is 15.6. The number of pyridine rings is 1. The average Bonchev–Trinajstić information content (AvgIpc) is 2.71. The molecule has 6 heteroatoms. The minimum Gasteiger partial charge on any atom is -0.492 e. The lowest BCUT2D eigenvalue weighted by molar-refractivity contribution is 0.0949. The van der Waals surface area contributed by atoms with Crippen molar-refractivity contribution in [1.82, 2.24) is 10.3 Å². The van der Waals surface area contributed by atoms with E-state index >= 15 is 0 Å². The second-order valence-corrected chi connectivity index (χ2v) is 6.08. The number of nitrogens with zero attached hydrogens (tertiary/aromatic N) is 1. The lowest BCUT2D eigenvalue weighted by Crippen LogP contribution is -2.26. The van der Waals surface area contributed by atoms with Crippen LogP contribution in [0.3, 0.4) is 0 Å². The van der Waals surface area contributed by atoms with Crippen molar-refractivity contribution in [1.29, 1.82) is 0 Å². The molecule has 3 rings (SSSR count). The second kappa shape index (κ2) is 9.50. The molecule has 5 nitrogen and oxygen atoms in total. The van der Waals surface area contributed by atoms with Crippen LogP contribution >= 0.6 is 0 Å². The van der Waals surface area contributed by atoms with Gasteiger partial charge in [0.2, 0.25) is 0 Å². The van der Waals surface area contributed by atoms with Gasteiger partial charge in [-0.25, -0.2) is 4.39 Å². The molecule has 0 radical (unpaired) electrons. The normalized spacial score (nSPS) is 10.4. The van der Waals surface area contributed by atoms with Crippen LogP contribution in [0.2, 0.25) is 0 Å². The number of ether oxygens (including phenoxy) is 1. The van der Waals surface area contributed by atoms with Crippen LogP contribution in [0.25, 0.3) is 0 Å². The molecule has 1 aromatic heterocycles. The molecule has 0 saturated heterocycles. The highest BCUT2D eigenvalue weighted by Gasteiger charge is 2.10. The van der Waals surface area contributed by atoms with Crippen molar-refractivity contribution in [3.05, 3.63) is 83.9 Å². The molecule has 3 aromatic rings. The fourth-order valence-corrected chi connectivity index (χ4v) is 2.74. The van der Waals surface area contributed by atoms with Gasteiger partial charge in [-0.3, -0.25) is 9.78 Å². The summed E-state index contributed by atoms with van der Waals surface area (Å²) in [6.07, 6.45) is 1.98. The third-order valence-electron chi connectivity index (χ3n) is 4.10. The van der Waals surface area contributed by atoms with Gasteiger partial charge in [-0.15, -0.1) is 0 Å².